The number of halogens is 1. The molecule has 11 heteroatoms. The third kappa shape index (κ3) is 28.2. The van der Waals surface area contributed by atoms with Gasteiger partial charge in [-0.3, -0.25) is 30.6 Å². The molecule has 0 unspecified atom stereocenters. The van der Waals surface area contributed by atoms with Gasteiger partial charge in [0.1, 0.15) is 0 Å². The van der Waals surface area contributed by atoms with E-state index in [-0.39, 0.29) is 12.4 Å². The molecule has 0 saturated carbocycles. The smallest absolute Gasteiger partial charge is 0.195 e. The summed E-state index contributed by atoms with van der Waals surface area (Å²) in [5, 5.41) is 5.71. The lowest BCUT2D eigenvalue weighted by Gasteiger charge is -2.06. The van der Waals surface area contributed by atoms with Crippen molar-refractivity contribution >= 4 is 36.2 Å². The third-order valence-electron chi connectivity index (χ3n) is 5.73. The van der Waals surface area contributed by atoms with Crippen LogP contribution in [0.15, 0.2) is 20.0 Å². The van der Waals surface area contributed by atoms with E-state index in [4.69, 9.17) is 22.9 Å². The molecule has 0 radical (unpaired) electrons. The number of nitrogens with one attached hydrogen (secondary N) is 2. The quantitative estimate of drug-likeness (QED) is 0.0718. The molecule has 0 rings (SSSR count). The molecule has 0 aromatic rings. The lowest BCUT2D eigenvalue weighted by Crippen LogP contribution is -2.41. The number of nitrogens with two attached hydrogens (primary N) is 4. The molecule has 10 nitrogen and oxygen atoms in total. The molecule has 0 bridgehead atoms. The highest BCUT2D eigenvalue weighted by atomic mass is 35.5. The van der Waals surface area contributed by atoms with Gasteiger partial charge >= 0.3 is 0 Å². The van der Waals surface area contributed by atoms with Crippen LogP contribution >= 0.6 is 12.4 Å². The molecular formula is C26H57ClN10. The molecule has 0 aromatic carbocycles. The van der Waals surface area contributed by atoms with Crippen molar-refractivity contribution in [2.45, 2.75) is 117 Å². The summed E-state index contributed by atoms with van der Waals surface area (Å²) in [4.78, 5) is 17.2. The molecule has 0 aliphatic carbocycles. The van der Waals surface area contributed by atoms with E-state index in [1.54, 1.807) is 0 Å². The minimum absolute atomic E-state index is 0. The number of aliphatic imine (C=N–C) groups is 4. The van der Waals surface area contributed by atoms with Gasteiger partial charge in [-0.1, -0.05) is 90.9 Å². The largest absolute Gasteiger partial charge is 0.370 e. The maximum Gasteiger partial charge on any atom is 0.195 e. The fraction of sp³-hybridized carbons (Fsp3) is 0.846. The number of guanidine groups is 4. The Bertz CT molecular complexity index is 581. The second kappa shape index (κ2) is 28.3. The summed E-state index contributed by atoms with van der Waals surface area (Å²) in [6.45, 7) is 7.20. The fourth-order valence-corrected chi connectivity index (χ4v) is 3.58. The number of hydrogen-bond acceptors (Lipinski definition) is 4. The average Bonchev–Trinajstić information content (AvgIpc) is 2.84. The minimum Gasteiger partial charge on any atom is -0.370 e. The van der Waals surface area contributed by atoms with Gasteiger partial charge in [-0.2, -0.15) is 0 Å². The van der Waals surface area contributed by atoms with Crippen molar-refractivity contribution in [3.8, 4) is 0 Å². The van der Waals surface area contributed by atoms with Crippen LogP contribution in [0.1, 0.15) is 117 Å². The van der Waals surface area contributed by atoms with Crippen molar-refractivity contribution < 1.29 is 0 Å². The predicted octanol–water partition coefficient (Wildman–Crippen LogP) is 4.13. The first-order chi connectivity index (χ1) is 17.5. The molecule has 0 saturated heterocycles. The number of hydrogen-bond donors (Lipinski definition) is 6. The third-order valence-corrected chi connectivity index (χ3v) is 5.73. The van der Waals surface area contributed by atoms with E-state index in [0.717, 1.165) is 51.6 Å². The van der Waals surface area contributed by atoms with E-state index in [2.05, 4.69) is 44.5 Å². The van der Waals surface area contributed by atoms with Crippen LogP contribution in [0.3, 0.4) is 0 Å². The summed E-state index contributed by atoms with van der Waals surface area (Å²) in [5.74, 6) is 1.31. The van der Waals surface area contributed by atoms with Gasteiger partial charge in [-0.25, -0.2) is 0 Å². The van der Waals surface area contributed by atoms with Crippen LogP contribution in [-0.2, 0) is 0 Å². The molecule has 0 spiro atoms. The predicted molar refractivity (Wildman–Crippen MR) is 165 cm³/mol. The van der Waals surface area contributed by atoms with Gasteiger partial charge in [-0.05, 0) is 25.7 Å². The van der Waals surface area contributed by atoms with Gasteiger partial charge in [0.25, 0.3) is 0 Å². The van der Waals surface area contributed by atoms with Crippen LogP contribution in [-0.4, -0.2) is 50.0 Å². The van der Waals surface area contributed by atoms with Gasteiger partial charge in [0.05, 0.1) is 0 Å². The summed E-state index contributed by atoms with van der Waals surface area (Å²) in [5.41, 5.74) is 23.5. The Balaban J connectivity index is 0. The SMILES string of the molecule is CCCCCCCCN=C(N)NC(N)=NCCCCCCN=C(N)NC(N)=NCCCCCCCC.Cl. The zero-order valence-corrected chi connectivity index (χ0v) is 24.5. The standard InChI is InChI=1S/C26H56N10.ClH/c1-3-5-7-9-11-15-19-31-23(27)35-25(29)33-21-17-13-14-18-22-34-26(30)36-24(28)32-20-16-12-10-8-6-4-2;/h3-22H2,1-2H3,(H5,27,29,31,33,35)(H5,28,30,32,34,36);1H. The molecule has 10 N–H and O–H groups in total. The van der Waals surface area contributed by atoms with Gasteiger partial charge in [0.15, 0.2) is 23.8 Å². The van der Waals surface area contributed by atoms with Crippen LogP contribution in [0.5, 0.6) is 0 Å². The van der Waals surface area contributed by atoms with Gasteiger partial charge in [-0.15, -0.1) is 12.4 Å². The van der Waals surface area contributed by atoms with Gasteiger partial charge in [0.2, 0.25) is 0 Å². The highest BCUT2D eigenvalue weighted by Gasteiger charge is 1.98. The van der Waals surface area contributed by atoms with Crippen LogP contribution in [0, 0.1) is 0 Å². The van der Waals surface area contributed by atoms with E-state index >= 15 is 0 Å². The zero-order valence-electron chi connectivity index (χ0n) is 23.6. The summed E-state index contributed by atoms with van der Waals surface area (Å²) in [7, 11) is 0. The van der Waals surface area contributed by atoms with Crippen molar-refractivity contribution in [2.24, 2.45) is 42.9 Å². The molecule has 0 aromatic heterocycles. The van der Waals surface area contributed by atoms with Crippen molar-refractivity contribution in [1.82, 2.24) is 10.6 Å². The normalized spacial score (nSPS) is 12.9. The van der Waals surface area contributed by atoms with E-state index < -0.39 is 0 Å². The lowest BCUT2D eigenvalue weighted by atomic mass is 10.1. The number of unbranched alkanes of at least 4 members (excludes halogenated alkanes) is 13. The highest BCUT2D eigenvalue weighted by Crippen LogP contribution is 2.05. The molecule has 0 amide bonds. The topological polar surface area (TPSA) is 178 Å². The molecule has 218 valence electrons. The highest BCUT2D eigenvalue weighted by molar-refractivity contribution is 5.97. The van der Waals surface area contributed by atoms with Crippen molar-refractivity contribution in [3.05, 3.63) is 0 Å². The van der Waals surface area contributed by atoms with Gasteiger partial charge in [0, 0.05) is 26.2 Å². The molecular weight excluding hydrogens is 488 g/mol. The minimum atomic E-state index is 0. The second-order valence-corrected chi connectivity index (χ2v) is 9.27. The molecule has 0 aliphatic rings. The van der Waals surface area contributed by atoms with E-state index in [9.17, 15) is 0 Å². The Morgan fingerprint density at radius 2 is 0.622 bits per heavy atom. The number of nitrogens with zero attached hydrogens (tertiary/aromatic N) is 4. The van der Waals surface area contributed by atoms with E-state index in [1.165, 1.54) is 64.2 Å². The molecule has 0 aliphatic heterocycles. The maximum atomic E-state index is 5.88. The average molecular weight is 545 g/mol. The summed E-state index contributed by atoms with van der Waals surface area (Å²) < 4.78 is 0. The molecule has 37 heavy (non-hydrogen) atoms. The maximum absolute atomic E-state index is 5.88. The zero-order chi connectivity index (χ0) is 26.7. The Morgan fingerprint density at radius 1 is 0.405 bits per heavy atom. The van der Waals surface area contributed by atoms with Crippen molar-refractivity contribution in [2.75, 3.05) is 26.2 Å². The molecule has 0 heterocycles. The monoisotopic (exact) mass is 544 g/mol. The van der Waals surface area contributed by atoms with Crippen LogP contribution in [0.4, 0.5) is 0 Å². The van der Waals surface area contributed by atoms with Crippen LogP contribution in [0.25, 0.3) is 0 Å². The first-order valence-corrected chi connectivity index (χ1v) is 14.2. The molecule has 0 atom stereocenters. The Hall–Kier alpha value is -2.23. The lowest BCUT2D eigenvalue weighted by molar-refractivity contribution is 0.612. The van der Waals surface area contributed by atoms with E-state index in [1.807, 2.05) is 0 Å². The fourth-order valence-electron chi connectivity index (χ4n) is 3.58. The van der Waals surface area contributed by atoms with E-state index in [0.29, 0.717) is 36.9 Å². The van der Waals surface area contributed by atoms with Crippen LogP contribution < -0.4 is 33.6 Å². The van der Waals surface area contributed by atoms with Crippen molar-refractivity contribution in [3.63, 3.8) is 0 Å². The summed E-state index contributed by atoms with van der Waals surface area (Å²) in [6.07, 6.45) is 18.8. The van der Waals surface area contributed by atoms with Crippen LogP contribution in [0.2, 0.25) is 0 Å². The number of rotatable bonds is 21. The van der Waals surface area contributed by atoms with Crippen molar-refractivity contribution in [1.29, 1.82) is 0 Å². The Kier molecular flexibility index (Phi) is 28.3. The Labute approximate surface area is 232 Å². The first kappa shape index (κ1) is 36.9. The summed E-state index contributed by atoms with van der Waals surface area (Å²) in [6, 6.07) is 0. The Morgan fingerprint density at radius 3 is 0.865 bits per heavy atom. The van der Waals surface area contributed by atoms with Gasteiger partial charge < -0.3 is 22.9 Å². The summed E-state index contributed by atoms with van der Waals surface area (Å²) >= 11 is 0. The second-order valence-electron chi connectivity index (χ2n) is 9.27. The first-order valence-electron chi connectivity index (χ1n) is 14.2. The molecule has 0 fully saturated rings.